The maximum atomic E-state index is 11.6. The smallest absolute Gasteiger partial charge is 0.258 e. The predicted molar refractivity (Wildman–Crippen MR) is 74.2 cm³/mol. The van der Waals surface area contributed by atoms with Crippen molar-refractivity contribution < 1.29 is 9.53 Å². The summed E-state index contributed by atoms with van der Waals surface area (Å²) in [6.45, 7) is 6.05. The average molecular weight is 270 g/mol. The van der Waals surface area contributed by atoms with Crippen molar-refractivity contribution >= 4 is 17.5 Å². The number of carbonyl (C=O) groups excluding carboxylic acids is 1. The average Bonchev–Trinajstić information content (AvgIpc) is 2.37. The number of nitrogens with one attached hydrogen (secondary N) is 1. The lowest BCUT2D eigenvalue weighted by molar-refractivity contribution is -0.123. The minimum atomic E-state index is -0.0868. The zero-order valence-electron chi connectivity index (χ0n) is 11.1. The highest BCUT2D eigenvalue weighted by atomic mass is 35.5. The number of carbonyl (C=O) groups is 1. The summed E-state index contributed by atoms with van der Waals surface area (Å²) in [6, 6.07) is 5.59. The number of hydrogen-bond acceptors (Lipinski definition) is 2. The molecule has 0 aliphatic rings. The molecule has 0 bridgehead atoms. The van der Waals surface area contributed by atoms with Crippen LogP contribution in [0.4, 0.5) is 0 Å². The Balaban J connectivity index is 2.44. The lowest BCUT2D eigenvalue weighted by Crippen LogP contribution is -2.37. The van der Waals surface area contributed by atoms with E-state index in [4.69, 9.17) is 16.3 Å². The quantitative estimate of drug-likeness (QED) is 0.860. The second-order valence-corrected chi connectivity index (χ2v) is 4.69. The van der Waals surface area contributed by atoms with Crippen LogP contribution in [0.2, 0.25) is 5.02 Å². The highest BCUT2D eigenvalue weighted by molar-refractivity contribution is 6.31. The van der Waals surface area contributed by atoms with Crippen LogP contribution in [0.15, 0.2) is 18.2 Å². The van der Waals surface area contributed by atoms with Crippen molar-refractivity contribution in [1.82, 2.24) is 5.32 Å². The van der Waals surface area contributed by atoms with Gasteiger partial charge in [0.1, 0.15) is 5.75 Å². The molecule has 0 saturated carbocycles. The second kappa shape index (κ2) is 7.27. The summed E-state index contributed by atoms with van der Waals surface area (Å²) < 4.78 is 5.42. The van der Waals surface area contributed by atoms with Crippen molar-refractivity contribution in [2.24, 2.45) is 0 Å². The largest absolute Gasteiger partial charge is 0.484 e. The number of benzene rings is 1. The van der Waals surface area contributed by atoms with Crippen LogP contribution in [0.25, 0.3) is 0 Å². The number of hydrogen-bond donors (Lipinski definition) is 1. The van der Waals surface area contributed by atoms with Gasteiger partial charge in [0.15, 0.2) is 6.61 Å². The zero-order valence-corrected chi connectivity index (χ0v) is 11.9. The van der Waals surface area contributed by atoms with Crippen LogP contribution in [-0.4, -0.2) is 18.6 Å². The van der Waals surface area contributed by atoms with Gasteiger partial charge < -0.3 is 10.1 Å². The number of halogens is 1. The third kappa shape index (κ3) is 4.57. The van der Waals surface area contributed by atoms with Gasteiger partial charge in [-0.05, 0) is 43.5 Å². The molecule has 1 amide bonds. The molecule has 1 rings (SSSR count). The third-order valence-electron chi connectivity index (χ3n) is 2.85. The van der Waals surface area contributed by atoms with Gasteiger partial charge in [-0.25, -0.2) is 0 Å². The molecule has 0 aromatic heterocycles. The Morgan fingerprint density at radius 3 is 2.61 bits per heavy atom. The fourth-order valence-corrected chi connectivity index (χ4v) is 1.74. The Labute approximate surface area is 113 Å². The Hall–Kier alpha value is -1.22. The lowest BCUT2D eigenvalue weighted by Gasteiger charge is -2.15. The zero-order chi connectivity index (χ0) is 13.5. The van der Waals surface area contributed by atoms with E-state index in [0.29, 0.717) is 10.8 Å². The second-order valence-electron chi connectivity index (χ2n) is 4.28. The summed E-state index contributed by atoms with van der Waals surface area (Å²) in [5.74, 6) is 0.577. The molecular formula is C14H20ClNO2. The Kier molecular flexibility index (Phi) is 5.99. The highest BCUT2D eigenvalue weighted by Gasteiger charge is 2.09. The van der Waals surface area contributed by atoms with E-state index in [1.54, 1.807) is 12.1 Å². The summed E-state index contributed by atoms with van der Waals surface area (Å²) >= 11 is 5.91. The molecule has 0 heterocycles. The van der Waals surface area contributed by atoms with Gasteiger partial charge in [0, 0.05) is 11.1 Å². The number of amides is 1. The summed E-state index contributed by atoms with van der Waals surface area (Å²) in [4.78, 5) is 11.6. The SMILES string of the molecule is CCC(CC)NC(=O)COc1ccc(Cl)c(C)c1. The van der Waals surface area contributed by atoms with E-state index in [9.17, 15) is 4.79 Å². The normalized spacial score (nSPS) is 10.5. The topological polar surface area (TPSA) is 38.3 Å². The number of ether oxygens (including phenoxy) is 1. The standard InChI is InChI=1S/C14H20ClNO2/c1-4-11(5-2)16-14(17)9-18-12-6-7-13(15)10(3)8-12/h6-8,11H,4-5,9H2,1-3H3,(H,16,17). The molecule has 0 spiro atoms. The van der Waals surface area contributed by atoms with Crippen LogP contribution in [0.1, 0.15) is 32.3 Å². The first-order chi connectivity index (χ1) is 8.56. The highest BCUT2D eigenvalue weighted by Crippen LogP contribution is 2.20. The van der Waals surface area contributed by atoms with Crippen LogP contribution in [-0.2, 0) is 4.79 Å². The molecule has 1 aromatic rings. The van der Waals surface area contributed by atoms with Gasteiger partial charge in [-0.2, -0.15) is 0 Å². The van der Waals surface area contributed by atoms with Gasteiger partial charge in [-0.15, -0.1) is 0 Å². The molecule has 0 fully saturated rings. The Morgan fingerprint density at radius 1 is 1.39 bits per heavy atom. The predicted octanol–water partition coefficient (Wildman–Crippen LogP) is 3.33. The maximum absolute atomic E-state index is 11.6. The molecule has 1 aromatic carbocycles. The van der Waals surface area contributed by atoms with E-state index in [1.807, 2.05) is 13.0 Å². The fourth-order valence-electron chi connectivity index (χ4n) is 1.62. The molecule has 0 unspecified atom stereocenters. The van der Waals surface area contributed by atoms with Gasteiger partial charge in [0.05, 0.1) is 0 Å². The van der Waals surface area contributed by atoms with Crippen molar-refractivity contribution in [1.29, 1.82) is 0 Å². The van der Waals surface area contributed by atoms with Gasteiger partial charge in [-0.1, -0.05) is 25.4 Å². The Bertz CT molecular complexity index is 403. The minimum absolute atomic E-state index is 0.0393. The number of rotatable bonds is 6. The molecule has 0 saturated heterocycles. The lowest BCUT2D eigenvalue weighted by atomic mass is 10.2. The molecule has 0 radical (unpaired) electrons. The number of aryl methyl sites for hydroxylation is 1. The van der Waals surface area contributed by atoms with Gasteiger partial charge in [0.25, 0.3) is 5.91 Å². The summed E-state index contributed by atoms with van der Waals surface area (Å²) in [5.41, 5.74) is 0.939. The van der Waals surface area contributed by atoms with E-state index in [-0.39, 0.29) is 18.6 Å². The van der Waals surface area contributed by atoms with E-state index >= 15 is 0 Å². The van der Waals surface area contributed by atoms with Crippen molar-refractivity contribution in [3.63, 3.8) is 0 Å². The molecular weight excluding hydrogens is 250 g/mol. The van der Waals surface area contributed by atoms with Crippen LogP contribution in [0.3, 0.4) is 0 Å². The molecule has 18 heavy (non-hydrogen) atoms. The van der Waals surface area contributed by atoms with Gasteiger partial charge in [-0.3, -0.25) is 4.79 Å². The van der Waals surface area contributed by atoms with Crippen molar-refractivity contribution in [2.75, 3.05) is 6.61 Å². The van der Waals surface area contributed by atoms with Gasteiger partial charge >= 0.3 is 0 Å². The maximum Gasteiger partial charge on any atom is 0.258 e. The first-order valence-electron chi connectivity index (χ1n) is 6.25. The molecule has 0 aliphatic carbocycles. The monoisotopic (exact) mass is 269 g/mol. The summed E-state index contributed by atoms with van der Waals surface area (Å²) in [7, 11) is 0. The first-order valence-corrected chi connectivity index (χ1v) is 6.62. The fraction of sp³-hybridized carbons (Fsp3) is 0.500. The van der Waals surface area contributed by atoms with Crippen LogP contribution < -0.4 is 10.1 Å². The van der Waals surface area contributed by atoms with Crippen molar-refractivity contribution in [3.05, 3.63) is 28.8 Å². The molecule has 3 nitrogen and oxygen atoms in total. The summed E-state index contributed by atoms with van der Waals surface area (Å²) in [6.07, 6.45) is 1.87. The van der Waals surface area contributed by atoms with E-state index in [0.717, 1.165) is 18.4 Å². The van der Waals surface area contributed by atoms with Crippen LogP contribution in [0, 0.1) is 6.92 Å². The van der Waals surface area contributed by atoms with E-state index in [1.165, 1.54) is 0 Å². The molecule has 0 atom stereocenters. The summed E-state index contributed by atoms with van der Waals surface area (Å²) in [5, 5.41) is 3.62. The first kappa shape index (κ1) is 14.8. The molecule has 100 valence electrons. The molecule has 0 aliphatic heterocycles. The van der Waals surface area contributed by atoms with Crippen molar-refractivity contribution in [2.45, 2.75) is 39.7 Å². The third-order valence-corrected chi connectivity index (χ3v) is 3.27. The molecule has 4 heteroatoms. The van der Waals surface area contributed by atoms with E-state index < -0.39 is 0 Å². The van der Waals surface area contributed by atoms with Crippen LogP contribution in [0.5, 0.6) is 5.75 Å². The van der Waals surface area contributed by atoms with E-state index in [2.05, 4.69) is 19.2 Å². The molecule has 1 N–H and O–H groups in total. The van der Waals surface area contributed by atoms with Crippen molar-refractivity contribution in [3.8, 4) is 5.75 Å². The van der Waals surface area contributed by atoms with Crippen LogP contribution >= 0.6 is 11.6 Å². The Morgan fingerprint density at radius 2 is 2.06 bits per heavy atom. The minimum Gasteiger partial charge on any atom is -0.484 e. The van der Waals surface area contributed by atoms with Gasteiger partial charge in [0.2, 0.25) is 0 Å².